The lowest BCUT2D eigenvalue weighted by Crippen LogP contribution is -2.44. The van der Waals surface area contributed by atoms with E-state index in [4.69, 9.17) is 4.52 Å². The third-order valence-electron chi connectivity index (χ3n) is 4.20. The van der Waals surface area contributed by atoms with Crippen LogP contribution in [0.3, 0.4) is 0 Å². The van der Waals surface area contributed by atoms with Gasteiger partial charge in [-0.1, -0.05) is 35.5 Å². The van der Waals surface area contributed by atoms with E-state index in [1.807, 2.05) is 42.9 Å². The second-order valence-corrected chi connectivity index (χ2v) is 5.75. The second-order valence-electron chi connectivity index (χ2n) is 5.75. The zero-order valence-corrected chi connectivity index (χ0v) is 12.4. The number of amides is 1. The van der Waals surface area contributed by atoms with E-state index in [1.165, 1.54) is 0 Å². The summed E-state index contributed by atoms with van der Waals surface area (Å²) >= 11 is 0. The van der Waals surface area contributed by atoms with E-state index in [2.05, 4.69) is 20.0 Å². The lowest BCUT2D eigenvalue weighted by Gasteiger charge is -2.36. The molecule has 1 fully saturated rings. The minimum Gasteiger partial charge on any atom is -0.355 e. The van der Waals surface area contributed by atoms with Crippen molar-refractivity contribution in [1.82, 2.24) is 20.0 Å². The molecule has 1 N–H and O–H groups in total. The topological polar surface area (TPSA) is 73.0 Å². The zero-order valence-electron chi connectivity index (χ0n) is 12.4. The summed E-state index contributed by atoms with van der Waals surface area (Å²) in [5.41, 5.74) is 1.22. The van der Waals surface area contributed by atoms with Crippen molar-refractivity contribution in [3.8, 4) is 11.3 Å². The summed E-state index contributed by atoms with van der Waals surface area (Å²) < 4.78 is 7.34. The minimum absolute atomic E-state index is 0.173. The van der Waals surface area contributed by atoms with Crippen LogP contribution in [0, 0.1) is 0 Å². The van der Waals surface area contributed by atoms with Gasteiger partial charge < -0.3 is 14.4 Å². The molecule has 3 aromatic rings. The Hall–Kier alpha value is -2.89. The van der Waals surface area contributed by atoms with Gasteiger partial charge in [0.15, 0.2) is 11.5 Å². The van der Waals surface area contributed by atoms with Crippen molar-refractivity contribution in [3.63, 3.8) is 0 Å². The third-order valence-corrected chi connectivity index (χ3v) is 4.20. The van der Waals surface area contributed by atoms with Crippen molar-refractivity contribution in [1.29, 1.82) is 0 Å². The van der Waals surface area contributed by atoms with E-state index in [1.54, 1.807) is 12.3 Å². The van der Waals surface area contributed by atoms with Gasteiger partial charge in [0.1, 0.15) is 0 Å². The Labute approximate surface area is 133 Å². The van der Waals surface area contributed by atoms with Gasteiger partial charge in [-0.05, 0) is 12.8 Å². The Kier molecular flexibility index (Phi) is 3.42. The molecule has 1 saturated carbocycles. The van der Waals surface area contributed by atoms with Crippen LogP contribution in [-0.4, -0.2) is 26.7 Å². The number of carbonyl (C=O) groups is 1. The quantitative estimate of drug-likeness (QED) is 0.804. The van der Waals surface area contributed by atoms with E-state index in [-0.39, 0.29) is 11.9 Å². The molecule has 6 nitrogen and oxygen atoms in total. The predicted molar refractivity (Wildman–Crippen MR) is 83.7 cm³/mol. The molecule has 1 amide bonds. The first-order valence-corrected chi connectivity index (χ1v) is 7.60. The Morgan fingerprint density at radius 2 is 2.09 bits per heavy atom. The molecule has 1 aliphatic rings. The van der Waals surface area contributed by atoms with Crippen molar-refractivity contribution in [3.05, 3.63) is 60.8 Å². The number of benzene rings is 1. The van der Waals surface area contributed by atoms with Gasteiger partial charge in [0.25, 0.3) is 5.91 Å². The fraction of sp³-hybridized carbons (Fsp3) is 0.235. The van der Waals surface area contributed by atoms with E-state index in [9.17, 15) is 4.79 Å². The highest BCUT2D eigenvalue weighted by Gasteiger charge is 2.32. The van der Waals surface area contributed by atoms with Crippen molar-refractivity contribution < 1.29 is 9.32 Å². The van der Waals surface area contributed by atoms with Crippen LogP contribution in [-0.2, 0) is 0 Å². The molecule has 0 unspecified atom stereocenters. The maximum atomic E-state index is 12.2. The first-order valence-electron chi connectivity index (χ1n) is 7.60. The fourth-order valence-corrected chi connectivity index (χ4v) is 2.81. The van der Waals surface area contributed by atoms with Gasteiger partial charge in [-0.25, -0.2) is 4.98 Å². The van der Waals surface area contributed by atoms with Gasteiger partial charge in [-0.15, -0.1) is 0 Å². The lowest BCUT2D eigenvalue weighted by atomic mass is 9.86. The molecule has 0 aliphatic heterocycles. The smallest absolute Gasteiger partial charge is 0.273 e. The van der Waals surface area contributed by atoms with Crippen LogP contribution in [0.1, 0.15) is 29.4 Å². The molecule has 0 saturated heterocycles. The average Bonchev–Trinajstić information content (AvgIpc) is 3.22. The van der Waals surface area contributed by atoms with Gasteiger partial charge in [0.2, 0.25) is 0 Å². The van der Waals surface area contributed by atoms with Crippen LogP contribution < -0.4 is 5.32 Å². The summed E-state index contributed by atoms with van der Waals surface area (Å²) in [6, 6.07) is 11.9. The number of rotatable bonds is 4. The molecule has 0 radical (unpaired) electrons. The number of nitrogens with one attached hydrogen (secondary N) is 1. The van der Waals surface area contributed by atoms with Crippen LogP contribution in [0.15, 0.2) is 59.6 Å². The van der Waals surface area contributed by atoms with Crippen LogP contribution >= 0.6 is 0 Å². The molecule has 4 rings (SSSR count). The van der Waals surface area contributed by atoms with Crippen molar-refractivity contribution in [2.24, 2.45) is 0 Å². The van der Waals surface area contributed by atoms with E-state index >= 15 is 0 Å². The highest BCUT2D eigenvalue weighted by molar-refractivity contribution is 5.93. The van der Waals surface area contributed by atoms with E-state index < -0.39 is 0 Å². The van der Waals surface area contributed by atoms with Gasteiger partial charge in [0, 0.05) is 36.1 Å². The zero-order chi connectivity index (χ0) is 15.6. The Morgan fingerprint density at radius 3 is 2.83 bits per heavy atom. The first kappa shape index (κ1) is 13.8. The van der Waals surface area contributed by atoms with Crippen molar-refractivity contribution >= 4 is 5.91 Å². The maximum absolute atomic E-state index is 12.2. The van der Waals surface area contributed by atoms with Crippen LogP contribution in [0.25, 0.3) is 11.3 Å². The molecular formula is C17H16N4O2. The summed E-state index contributed by atoms with van der Waals surface area (Å²) in [4.78, 5) is 16.3. The molecule has 2 aromatic heterocycles. The first-order chi connectivity index (χ1) is 11.3. The molecule has 1 aliphatic carbocycles. The summed E-state index contributed by atoms with van der Waals surface area (Å²) in [6.45, 7) is 0. The maximum Gasteiger partial charge on any atom is 0.273 e. The predicted octanol–water partition coefficient (Wildman–Crippen LogP) is 2.67. The van der Waals surface area contributed by atoms with Gasteiger partial charge >= 0.3 is 0 Å². The molecule has 2 heterocycles. The standard InChI is InChI=1S/C17H16N4O2/c22-17(19-13-8-14(9-13)21-7-6-18-11-21)15-10-16(23-20-15)12-4-2-1-3-5-12/h1-7,10-11,13-14H,8-9H2,(H,19,22). The summed E-state index contributed by atoms with van der Waals surface area (Å²) in [7, 11) is 0. The largest absolute Gasteiger partial charge is 0.355 e. The Balaban J connectivity index is 1.36. The van der Waals surface area contributed by atoms with E-state index in [0.29, 0.717) is 17.5 Å². The van der Waals surface area contributed by atoms with E-state index in [0.717, 1.165) is 18.4 Å². The molecule has 0 atom stereocenters. The third kappa shape index (κ3) is 2.75. The summed E-state index contributed by atoms with van der Waals surface area (Å²) in [6.07, 6.45) is 7.35. The number of nitrogens with zero attached hydrogens (tertiary/aromatic N) is 3. The summed E-state index contributed by atoms with van der Waals surface area (Å²) in [5.74, 6) is 0.408. The summed E-state index contributed by atoms with van der Waals surface area (Å²) in [5, 5.41) is 6.86. The number of hydrogen-bond acceptors (Lipinski definition) is 4. The Bertz CT molecular complexity index is 789. The van der Waals surface area contributed by atoms with Crippen molar-refractivity contribution in [2.75, 3.05) is 0 Å². The number of imidazole rings is 1. The number of hydrogen-bond donors (Lipinski definition) is 1. The van der Waals surface area contributed by atoms with Crippen LogP contribution in [0.4, 0.5) is 0 Å². The van der Waals surface area contributed by atoms with Crippen LogP contribution in [0.2, 0.25) is 0 Å². The van der Waals surface area contributed by atoms with Gasteiger partial charge in [-0.2, -0.15) is 0 Å². The Morgan fingerprint density at radius 1 is 1.26 bits per heavy atom. The molecule has 116 valence electrons. The second kappa shape index (κ2) is 5.72. The van der Waals surface area contributed by atoms with Crippen LogP contribution in [0.5, 0.6) is 0 Å². The number of aromatic nitrogens is 3. The highest BCUT2D eigenvalue weighted by atomic mass is 16.5. The molecular weight excluding hydrogens is 292 g/mol. The molecule has 0 bridgehead atoms. The van der Waals surface area contributed by atoms with Gasteiger partial charge in [-0.3, -0.25) is 4.79 Å². The average molecular weight is 308 g/mol. The highest BCUT2D eigenvalue weighted by Crippen LogP contribution is 2.32. The molecule has 6 heteroatoms. The molecule has 1 aromatic carbocycles. The monoisotopic (exact) mass is 308 g/mol. The fourth-order valence-electron chi connectivity index (χ4n) is 2.81. The number of carbonyl (C=O) groups excluding carboxylic acids is 1. The molecule has 23 heavy (non-hydrogen) atoms. The van der Waals surface area contributed by atoms with Crippen molar-refractivity contribution in [2.45, 2.75) is 24.9 Å². The van der Waals surface area contributed by atoms with Gasteiger partial charge in [0.05, 0.1) is 6.33 Å². The SMILES string of the molecule is O=C(NC1CC(n2ccnc2)C1)c1cc(-c2ccccc2)on1. The molecule has 0 spiro atoms. The minimum atomic E-state index is -0.190. The normalized spacial score (nSPS) is 20.0. The lowest BCUT2D eigenvalue weighted by molar-refractivity contribution is 0.0884.